The fourth-order valence-electron chi connectivity index (χ4n) is 1.78. The van der Waals surface area contributed by atoms with Crippen LogP contribution in [0.25, 0.3) is 0 Å². The Balaban J connectivity index is 1.62. The summed E-state index contributed by atoms with van der Waals surface area (Å²) in [6.07, 6.45) is 0.718. The number of hydrogen-bond donors (Lipinski definition) is 2. The molecule has 0 aliphatic rings. The molecular weight excluding hydrogens is 278 g/mol. The van der Waals surface area contributed by atoms with Gasteiger partial charge in [0.1, 0.15) is 5.75 Å². The minimum atomic E-state index is -0.274. The summed E-state index contributed by atoms with van der Waals surface area (Å²) in [5.41, 5.74) is 1.21. The van der Waals surface area contributed by atoms with Gasteiger partial charge >= 0.3 is 6.03 Å². The monoisotopic (exact) mass is 295 g/mol. The molecule has 0 radical (unpaired) electrons. The van der Waals surface area contributed by atoms with Crippen molar-refractivity contribution in [2.24, 2.45) is 0 Å². The number of carbonyl (C=O) groups excluding carboxylic acids is 1. The van der Waals surface area contributed by atoms with Crippen LogP contribution in [0.2, 0.25) is 0 Å². The Hall–Kier alpha value is -3.00. The normalized spacial score (nSPS) is 9.59. The van der Waals surface area contributed by atoms with Crippen LogP contribution in [0.1, 0.15) is 12.0 Å². The zero-order valence-corrected chi connectivity index (χ0v) is 12.1. The van der Waals surface area contributed by atoms with E-state index >= 15 is 0 Å². The number of rotatable bonds is 6. The lowest BCUT2D eigenvalue weighted by Crippen LogP contribution is -2.30. The highest BCUT2D eigenvalue weighted by atomic mass is 16.5. The maximum absolute atomic E-state index is 11.7. The zero-order valence-electron chi connectivity index (χ0n) is 12.1. The van der Waals surface area contributed by atoms with Gasteiger partial charge in [-0.1, -0.05) is 18.2 Å². The van der Waals surface area contributed by atoms with Crippen molar-refractivity contribution < 1.29 is 9.53 Å². The van der Waals surface area contributed by atoms with Gasteiger partial charge in [-0.05, 0) is 42.8 Å². The molecule has 0 atom stereocenters. The van der Waals surface area contributed by atoms with Crippen LogP contribution in [-0.4, -0.2) is 19.2 Å². The predicted molar refractivity (Wildman–Crippen MR) is 84.7 cm³/mol. The number of hydrogen-bond acceptors (Lipinski definition) is 3. The number of nitriles is 1. The Kier molecular flexibility index (Phi) is 5.82. The Morgan fingerprint density at radius 2 is 1.82 bits per heavy atom. The molecule has 5 heteroatoms. The lowest BCUT2D eigenvalue weighted by atomic mass is 10.2. The van der Waals surface area contributed by atoms with E-state index < -0.39 is 0 Å². The quantitative estimate of drug-likeness (QED) is 0.804. The van der Waals surface area contributed by atoms with Crippen molar-refractivity contribution in [1.82, 2.24) is 5.32 Å². The van der Waals surface area contributed by atoms with Crippen LogP contribution in [0.4, 0.5) is 10.5 Å². The number of ether oxygens (including phenoxy) is 1. The van der Waals surface area contributed by atoms with Crippen LogP contribution in [0.15, 0.2) is 54.6 Å². The number of benzene rings is 2. The average molecular weight is 295 g/mol. The van der Waals surface area contributed by atoms with Crippen LogP contribution >= 0.6 is 0 Å². The maximum Gasteiger partial charge on any atom is 0.319 e. The number of urea groups is 1. The van der Waals surface area contributed by atoms with Crippen LogP contribution in [-0.2, 0) is 0 Å². The predicted octanol–water partition coefficient (Wildman–Crippen LogP) is 3.15. The van der Waals surface area contributed by atoms with E-state index in [0.29, 0.717) is 24.4 Å². The third kappa shape index (κ3) is 5.17. The molecule has 0 aromatic heterocycles. The fraction of sp³-hybridized carbons (Fsp3) is 0.176. The first-order chi connectivity index (χ1) is 10.8. The topological polar surface area (TPSA) is 74.2 Å². The summed E-state index contributed by atoms with van der Waals surface area (Å²) >= 11 is 0. The summed E-state index contributed by atoms with van der Waals surface area (Å²) in [5, 5.41) is 14.2. The van der Waals surface area contributed by atoms with E-state index in [1.165, 1.54) is 0 Å². The standard InChI is InChI=1S/C17H17N3O2/c18-13-14-7-9-15(10-8-14)20-17(21)19-11-4-12-22-16-5-2-1-3-6-16/h1-3,5-10H,4,11-12H2,(H2,19,20,21). The Morgan fingerprint density at radius 1 is 1.09 bits per heavy atom. The maximum atomic E-state index is 11.7. The molecule has 0 fully saturated rings. The summed E-state index contributed by atoms with van der Waals surface area (Å²) in [6.45, 7) is 1.07. The van der Waals surface area contributed by atoms with Gasteiger partial charge in [0.25, 0.3) is 0 Å². The fourth-order valence-corrected chi connectivity index (χ4v) is 1.78. The van der Waals surface area contributed by atoms with Crippen LogP contribution in [0.3, 0.4) is 0 Å². The van der Waals surface area contributed by atoms with E-state index in [0.717, 1.165) is 12.2 Å². The SMILES string of the molecule is N#Cc1ccc(NC(=O)NCCCOc2ccccc2)cc1. The number of nitrogens with zero attached hydrogens (tertiary/aromatic N) is 1. The van der Waals surface area contributed by atoms with Gasteiger partial charge < -0.3 is 15.4 Å². The van der Waals surface area contributed by atoms with E-state index in [9.17, 15) is 4.79 Å². The second-order valence-electron chi connectivity index (χ2n) is 4.59. The molecule has 0 unspecified atom stereocenters. The molecule has 5 nitrogen and oxygen atoms in total. The van der Waals surface area contributed by atoms with Crippen molar-refractivity contribution in [1.29, 1.82) is 5.26 Å². The van der Waals surface area contributed by atoms with Gasteiger partial charge in [-0.25, -0.2) is 4.79 Å². The van der Waals surface area contributed by atoms with Gasteiger partial charge in [-0.15, -0.1) is 0 Å². The van der Waals surface area contributed by atoms with E-state index in [-0.39, 0.29) is 6.03 Å². The molecule has 0 heterocycles. The zero-order chi connectivity index (χ0) is 15.6. The first-order valence-electron chi connectivity index (χ1n) is 7.01. The van der Waals surface area contributed by atoms with Gasteiger partial charge in [0.2, 0.25) is 0 Å². The largest absolute Gasteiger partial charge is 0.494 e. The number of anilines is 1. The molecule has 0 saturated carbocycles. The lowest BCUT2D eigenvalue weighted by Gasteiger charge is -2.08. The Bertz CT molecular complexity index is 633. The van der Waals surface area contributed by atoms with Crippen LogP contribution < -0.4 is 15.4 Å². The molecule has 0 bridgehead atoms. The molecule has 2 N–H and O–H groups in total. The third-order valence-corrected chi connectivity index (χ3v) is 2.89. The highest BCUT2D eigenvalue weighted by Gasteiger charge is 2.01. The molecule has 0 aliphatic heterocycles. The molecule has 2 aromatic carbocycles. The van der Waals surface area contributed by atoms with E-state index in [2.05, 4.69) is 10.6 Å². The van der Waals surface area contributed by atoms with Crippen LogP contribution in [0.5, 0.6) is 5.75 Å². The minimum Gasteiger partial charge on any atom is -0.494 e. The number of amides is 2. The van der Waals surface area contributed by atoms with E-state index in [1.807, 2.05) is 36.4 Å². The highest BCUT2D eigenvalue weighted by Crippen LogP contribution is 2.09. The van der Waals surface area contributed by atoms with Crippen molar-refractivity contribution in [3.05, 3.63) is 60.2 Å². The molecule has 0 aliphatic carbocycles. The Labute approximate surface area is 129 Å². The average Bonchev–Trinajstić information content (AvgIpc) is 2.56. The molecule has 0 spiro atoms. The summed E-state index contributed by atoms with van der Waals surface area (Å²) in [4.78, 5) is 11.7. The number of carbonyl (C=O) groups is 1. The van der Waals surface area contributed by atoms with Gasteiger partial charge in [0.05, 0.1) is 18.2 Å². The minimum absolute atomic E-state index is 0.274. The molecule has 112 valence electrons. The first kappa shape index (κ1) is 15.4. The van der Waals surface area contributed by atoms with Crippen molar-refractivity contribution in [3.63, 3.8) is 0 Å². The van der Waals surface area contributed by atoms with Crippen molar-refractivity contribution in [2.45, 2.75) is 6.42 Å². The number of nitrogens with one attached hydrogen (secondary N) is 2. The Morgan fingerprint density at radius 3 is 2.50 bits per heavy atom. The van der Waals surface area contributed by atoms with Gasteiger partial charge in [-0.2, -0.15) is 5.26 Å². The molecule has 22 heavy (non-hydrogen) atoms. The third-order valence-electron chi connectivity index (χ3n) is 2.89. The van der Waals surface area contributed by atoms with Gasteiger partial charge in [0.15, 0.2) is 0 Å². The van der Waals surface area contributed by atoms with Gasteiger partial charge in [-0.3, -0.25) is 0 Å². The van der Waals surface area contributed by atoms with E-state index in [1.54, 1.807) is 24.3 Å². The summed E-state index contributed by atoms with van der Waals surface area (Å²) in [7, 11) is 0. The van der Waals surface area contributed by atoms with Crippen LogP contribution in [0, 0.1) is 11.3 Å². The van der Waals surface area contributed by atoms with Crippen molar-refractivity contribution >= 4 is 11.7 Å². The van der Waals surface area contributed by atoms with Gasteiger partial charge in [0, 0.05) is 12.2 Å². The highest BCUT2D eigenvalue weighted by molar-refractivity contribution is 5.89. The molecular formula is C17H17N3O2. The first-order valence-corrected chi connectivity index (χ1v) is 7.01. The lowest BCUT2D eigenvalue weighted by molar-refractivity contribution is 0.250. The second-order valence-corrected chi connectivity index (χ2v) is 4.59. The summed E-state index contributed by atoms with van der Waals surface area (Å²) in [6, 6.07) is 18.0. The smallest absolute Gasteiger partial charge is 0.319 e. The second kappa shape index (κ2) is 8.32. The summed E-state index contributed by atoms with van der Waals surface area (Å²) in [5.74, 6) is 0.824. The van der Waals surface area contributed by atoms with Crippen molar-refractivity contribution in [3.8, 4) is 11.8 Å². The molecule has 2 amide bonds. The summed E-state index contributed by atoms with van der Waals surface area (Å²) < 4.78 is 5.53. The number of para-hydroxylation sites is 1. The molecule has 0 saturated heterocycles. The molecule has 2 rings (SSSR count). The van der Waals surface area contributed by atoms with Crippen molar-refractivity contribution in [2.75, 3.05) is 18.5 Å². The molecule has 2 aromatic rings. The van der Waals surface area contributed by atoms with E-state index in [4.69, 9.17) is 10.00 Å².